The summed E-state index contributed by atoms with van der Waals surface area (Å²) in [6.45, 7) is 4.74. The smallest absolute Gasteiger partial charge is 0.224 e. The minimum atomic E-state index is 0.317. The first-order valence-electron chi connectivity index (χ1n) is 7.85. The van der Waals surface area contributed by atoms with Crippen LogP contribution in [0.4, 0.5) is 0 Å². The zero-order valence-corrected chi connectivity index (χ0v) is 12.5. The number of rotatable bonds is 6. The van der Waals surface area contributed by atoms with E-state index in [0.29, 0.717) is 18.4 Å². The van der Waals surface area contributed by atoms with Gasteiger partial charge in [-0.2, -0.15) is 0 Å². The highest BCUT2D eigenvalue weighted by atomic mass is 16.2. The lowest BCUT2D eigenvalue weighted by molar-refractivity contribution is -0.134. The second kappa shape index (κ2) is 8.05. The third-order valence-electron chi connectivity index (χ3n) is 4.11. The van der Waals surface area contributed by atoms with Crippen molar-refractivity contribution in [2.75, 3.05) is 13.1 Å². The summed E-state index contributed by atoms with van der Waals surface area (Å²) >= 11 is 0. The fourth-order valence-electron chi connectivity index (χ4n) is 2.92. The van der Waals surface area contributed by atoms with E-state index in [9.17, 15) is 4.79 Å². The van der Waals surface area contributed by atoms with Crippen LogP contribution < -0.4 is 5.32 Å². The van der Waals surface area contributed by atoms with Gasteiger partial charge in [0.2, 0.25) is 5.91 Å². The lowest BCUT2D eigenvalue weighted by Crippen LogP contribution is -2.44. The van der Waals surface area contributed by atoms with E-state index < -0.39 is 0 Å². The summed E-state index contributed by atoms with van der Waals surface area (Å²) in [5.74, 6) is 0.317. The molecule has 1 unspecified atom stereocenters. The van der Waals surface area contributed by atoms with E-state index >= 15 is 0 Å². The number of carbonyl (C=O) groups is 1. The van der Waals surface area contributed by atoms with E-state index in [4.69, 9.17) is 0 Å². The Labute approximate surface area is 122 Å². The molecule has 1 amide bonds. The van der Waals surface area contributed by atoms with Gasteiger partial charge in [0.25, 0.3) is 0 Å². The standard InChI is InChI=1S/C17H26N2O/c1-2-16-10-6-7-13-19(16)17(20)11-12-18-14-15-8-4-3-5-9-15/h3-5,8-9,16,18H,2,6-7,10-14H2,1H3. The average Bonchev–Trinajstić information content (AvgIpc) is 2.52. The van der Waals surface area contributed by atoms with Crippen LogP contribution in [0.25, 0.3) is 0 Å². The van der Waals surface area contributed by atoms with Gasteiger partial charge in [0.1, 0.15) is 0 Å². The molecule has 0 bridgehead atoms. The number of hydrogen-bond donors (Lipinski definition) is 1. The maximum Gasteiger partial charge on any atom is 0.224 e. The minimum absolute atomic E-state index is 0.317. The Morgan fingerprint density at radius 3 is 2.85 bits per heavy atom. The minimum Gasteiger partial charge on any atom is -0.340 e. The summed E-state index contributed by atoms with van der Waals surface area (Å²) in [7, 11) is 0. The molecule has 1 aliphatic rings. The van der Waals surface area contributed by atoms with Crippen molar-refractivity contribution in [3.05, 3.63) is 35.9 Å². The molecular formula is C17H26N2O. The molecule has 0 spiro atoms. The Morgan fingerprint density at radius 2 is 2.10 bits per heavy atom. The second-order valence-corrected chi connectivity index (χ2v) is 5.56. The van der Waals surface area contributed by atoms with Gasteiger partial charge in [-0.15, -0.1) is 0 Å². The molecule has 1 aromatic rings. The largest absolute Gasteiger partial charge is 0.340 e. The van der Waals surface area contributed by atoms with Crippen LogP contribution in [0.15, 0.2) is 30.3 Å². The van der Waals surface area contributed by atoms with Crippen molar-refractivity contribution in [1.29, 1.82) is 0 Å². The van der Waals surface area contributed by atoms with Gasteiger partial charge in [-0.1, -0.05) is 37.3 Å². The fourth-order valence-corrected chi connectivity index (χ4v) is 2.92. The number of likely N-dealkylation sites (tertiary alicyclic amines) is 1. The fraction of sp³-hybridized carbons (Fsp3) is 0.588. The Morgan fingerprint density at radius 1 is 1.30 bits per heavy atom. The maximum atomic E-state index is 12.3. The highest BCUT2D eigenvalue weighted by molar-refractivity contribution is 5.76. The molecule has 20 heavy (non-hydrogen) atoms. The second-order valence-electron chi connectivity index (χ2n) is 5.56. The van der Waals surface area contributed by atoms with Crippen LogP contribution in [-0.2, 0) is 11.3 Å². The summed E-state index contributed by atoms with van der Waals surface area (Å²) in [6, 6.07) is 10.8. The van der Waals surface area contributed by atoms with E-state index in [2.05, 4.69) is 29.3 Å². The number of benzene rings is 1. The lowest BCUT2D eigenvalue weighted by Gasteiger charge is -2.35. The molecule has 0 radical (unpaired) electrons. The Hall–Kier alpha value is -1.35. The van der Waals surface area contributed by atoms with Crippen molar-refractivity contribution in [1.82, 2.24) is 10.2 Å². The molecule has 0 saturated carbocycles. The predicted octanol–water partition coefficient (Wildman–Crippen LogP) is 2.96. The van der Waals surface area contributed by atoms with Gasteiger partial charge < -0.3 is 10.2 Å². The summed E-state index contributed by atoms with van der Waals surface area (Å²) in [6.07, 6.45) is 5.32. The quantitative estimate of drug-likeness (QED) is 0.809. The van der Waals surface area contributed by atoms with Gasteiger partial charge in [-0.05, 0) is 31.2 Å². The van der Waals surface area contributed by atoms with E-state index in [1.165, 1.54) is 24.8 Å². The number of piperidine rings is 1. The van der Waals surface area contributed by atoms with Crippen molar-refractivity contribution < 1.29 is 4.79 Å². The van der Waals surface area contributed by atoms with Crippen molar-refractivity contribution in [2.24, 2.45) is 0 Å². The molecule has 0 aromatic heterocycles. The van der Waals surface area contributed by atoms with Gasteiger partial charge in [0, 0.05) is 32.1 Å². The summed E-state index contributed by atoms with van der Waals surface area (Å²) in [5, 5.41) is 3.36. The molecule has 0 aliphatic carbocycles. The first kappa shape index (κ1) is 15.0. The van der Waals surface area contributed by atoms with Gasteiger partial charge >= 0.3 is 0 Å². The average molecular weight is 274 g/mol. The van der Waals surface area contributed by atoms with Gasteiger partial charge in [-0.25, -0.2) is 0 Å². The van der Waals surface area contributed by atoms with Crippen LogP contribution in [0.2, 0.25) is 0 Å². The van der Waals surface area contributed by atoms with Gasteiger partial charge in [0.15, 0.2) is 0 Å². The van der Waals surface area contributed by atoms with E-state index in [-0.39, 0.29) is 0 Å². The molecule has 1 aromatic carbocycles. The molecule has 1 fully saturated rings. The number of carbonyl (C=O) groups excluding carboxylic acids is 1. The molecule has 1 saturated heterocycles. The molecule has 1 heterocycles. The molecule has 1 aliphatic heterocycles. The Balaban J connectivity index is 1.69. The zero-order valence-electron chi connectivity index (χ0n) is 12.5. The molecule has 1 N–H and O–H groups in total. The van der Waals surface area contributed by atoms with Crippen molar-refractivity contribution in [3.8, 4) is 0 Å². The molecule has 110 valence electrons. The van der Waals surface area contributed by atoms with Crippen LogP contribution in [0.1, 0.15) is 44.6 Å². The third kappa shape index (κ3) is 4.34. The number of amides is 1. The maximum absolute atomic E-state index is 12.3. The van der Waals surface area contributed by atoms with Gasteiger partial charge in [0.05, 0.1) is 0 Å². The predicted molar refractivity (Wildman–Crippen MR) is 82.4 cm³/mol. The van der Waals surface area contributed by atoms with Crippen LogP contribution in [0, 0.1) is 0 Å². The number of nitrogens with zero attached hydrogens (tertiary/aromatic N) is 1. The Kier molecular flexibility index (Phi) is 6.06. The molecule has 1 atom stereocenters. The number of hydrogen-bond acceptors (Lipinski definition) is 2. The first-order chi connectivity index (χ1) is 9.81. The van der Waals surface area contributed by atoms with E-state index in [1.54, 1.807) is 0 Å². The van der Waals surface area contributed by atoms with Crippen LogP contribution in [-0.4, -0.2) is 29.9 Å². The highest BCUT2D eigenvalue weighted by Gasteiger charge is 2.24. The topological polar surface area (TPSA) is 32.3 Å². The first-order valence-corrected chi connectivity index (χ1v) is 7.85. The lowest BCUT2D eigenvalue weighted by atomic mass is 9.99. The van der Waals surface area contributed by atoms with E-state index in [1.807, 2.05) is 18.2 Å². The zero-order chi connectivity index (χ0) is 14.2. The summed E-state index contributed by atoms with van der Waals surface area (Å²) in [4.78, 5) is 14.4. The highest BCUT2D eigenvalue weighted by Crippen LogP contribution is 2.19. The molecule has 3 nitrogen and oxygen atoms in total. The Bertz CT molecular complexity index is 405. The van der Waals surface area contributed by atoms with Crippen molar-refractivity contribution >= 4 is 5.91 Å². The SMILES string of the molecule is CCC1CCCCN1C(=O)CCNCc1ccccc1. The summed E-state index contributed by atoms with van der Waals surface area (Å²) in [5.41, 5.74) is 1.27. The van der Waals surface area contributed by atoms with E-state index in [0.717, 1.165) is 26.1 Å². The molecular weight excluding hydrogens is 248 g/mol. The van der Waals surface area contributed by atoms with Crippen LogP contribution in [0.5, 0.6) is 0 Å². The monoisotopic (exact) mass is 274 g/mol. The van der Waals surface area contributed by atoms with Crippen LogP contribution in [0.3, 0.4) is 0 Å². The molecule has 2 rings (SSSR count). The normalized spacial score (nSPS) is 19.1. The molecule has 3 heteroatoms. The third-order valence-corrected chi connectivity index (χ3v) is 4.11. The summed E-state index contributed by atoms with van der Waals surface area (Å²) < 4.78 is 0. The number of nitrogens with one attached hydrogen (secondary N) is 1. The van der Waals surface area contributed by atoms with Crippen molar-refractivity contribution in [3.63, 3.8) is 0 Å². The van der Waals surface area contributed by atoms with Crippen molar-refractivity contribution in [2.45, 2.75) is 51.6 Å². The van der Waals surface area contributed by atoms with Crippen LogP contribution >= 0.6 is 0 Å². The van der Waals surface area contributed by atoms with Gasteiger partial charge in [-0.3, -0.25) is 4.79 Å².